The van der Waals surface area contributed by atoms with Crippen LogP contribution in [0.4, 0.5) is 0 Å². The number of carbonyl (C=O) groups excluding carboxylic acids is 1. The summed E-state index contributed by atoms with van der Waals surface area (Å²) in [6.07, 6.45) is 1.26. The normalized spacial score (nSPS) is 13.9. The molecule has 1 atom stereocenters. The molecule has 0 aromatic carbocycles. The summed E-state index contributed by atoms with van der Waals surface area (Å²) in [5, 5.41) is 0. The van der Waals surface area contributed by atoms with Gasteiger partial charge >= 0.3 is 0 Å². The second-order valence-electron chi connectivity index (χ2n) is 4.12. The van der Waals surface area contributed by atoms with Crippen molar-refractivity contribution in [2.24, 2.45) is 11.5 Å². The zero-order chi connectivity index (χ0) is 11.9. The Morgan fingerprint density at radius 2 is 2.00 bits per heavy atom. The Morgan fingerprint density at radius 1 is 1.40 bits per heavy atom. The summed E-state index contributed by atoms with van der Waals surface area (Å²) in [4.78, 5) is 10.6. The summed E-state index contributed by atoms with van der Waals surface area (Å²) < 4.78 is 10.5. The van der Waals surface area contributed by atoms with Crippen molar-refractivity contribution in [2.45, 2.75) is 38.3 Å². The van der Waals surface area contributed by atoms with Crippen LogP contribution < -0.4 is 11.5 Å². The van der Waals surface area contributed by atoms with E-state index in [1.807, 2.05) is 13.8 Å². The van der Waals surface area contributed by atoms with E-state index in [0.717, 1.165) is 6.42 Å². The first-order valence-corrected chi connectivity index (χ1v) is 5.07. The number of methoxy groups -OCH3 is 1. The first-order valence-electron chi connectivity index (χ1n) is 5.07. The van der Waals surface area contributed by atoms with Gasteiger partial charge in [-0.1, -0.05) is 0 Å². The summed E-state index contributed by atoms with van der Waals surface area (Å²) in [5.41, 5.74) is 10.3. The molecule has 5 nitrogen and oxygen atoms in total. The van der Waals surface area contributed by atoms with Gasteiger partial charge in [-0.05, 0) is 26.7 Å². The molecular formula is C10H22N2O3. The van der Waals surface area contributed by atoms with Gasteiger partial charge in [-0.15, -0.1) is 0 Å². The van der Waals surface area contributed by atoms with Crippen LogP contribution >= 0.6 is 0 Å². The van der Waals surface area contributed by atoms with Crippen molar-refractivity contribution in [2.75, 3.05) is 20.3 Å². The van der Waals surface area contributed by atoms with Gasteiger partial charge in [0.1, 0.15) is 0 Å². The van der Waals surface area contributed by atoms with E-state index in [9.17, 15) is 4.79 Å². The highest BCUT2D eigenvalue weighted by molar-refractivity contribution is 5.79. The van der Waals surface area contributed by atoms with E-state index in [1.165, 1.54) is 0 Å². The molecule has 4 N–H and O–H groups in total. The number of hydrogen-bond acceptors (Lipinski definition) is 4. The Kier molecular flexibility index (Phi) is 6.47. The second kappa shape index (κ2) is 6.76. The number of rotatable bonds is 8. The van der Waals surface area contributed by atoms with Crippen LogP contribution in [0.3, 0.4) is 0 Å². The van der Waals surface area contributed by atoms with Crippen molar-refractivity contribution < 1.29 is 14.3 Å². The molecule has 0 saturated heterocycles. The maximum Gasteiger partial charge on any atom is 0.234 e. The zero-order valence-electron chi connectivity index (χ0n) is 9.79. The molecule has 0 fully saturated rings. The molecule has 0 spiro atoms. The number of nitrogens with two attached hydrogens (primary N) is 2. The minimum Gasteiger partial charge on any atom is -0.381 e. The lowest BCUT2D eigenvalue weighted by molar-refractivity contribution is -0.119. The van der Waals surface area contributed by atoms with Crippen LogP contribution in [0.5, 0.6) is 0 Å². The highest BCUT2D eigenvalue weighted by Crippen LogP contribution is 2.12. The lowest BCUT2D eigenvalue weighted by Gasteiger charge is -2.22. The van der Waals surface area contributed by atoms with E-state index in [1.54, 1.807) is 7.11 Å². The smallest absolute Gasteiger partial charge is 0.234 e. The summed E-state index contributed by atoms with van der Waals surface area (Å²) in [6, 6.07) is -0.611. The molecule has 0 aromatic rings. The van der Waals surface area contributed by atoms with Gasteiger partial charge in [-0.25, -0.2) is 0 Å². The largest absolute Gasteiger partial charge is 0.381 e. The number of primary amides is 1. The predicted molar refractivity (Wildman–Crippen MR) is 58.3 cm³/mol. The molecule has 15 heavy (non-hydrogen) atoms. The Morgan fingerprint density at radius 3 is 2.47 bits per heavy atom. The Bertz CT molecular complexity index is 195. The summed E-state index contributed by atoms with van der Waals surface area (Å²) in [6.45, 7) is 5.02. The highest BCUT2D eigenvalue weighted by atomic mass is 16.5. The lowest BCUT2D eigenvalue weighted by atomic mass is 10.1. The molecule has 0 bridgehead atoms. The molecule has 1 amide bonds. The quantitative estimate of drug-likeness (QED) is 0.562. The monoisotopic (exact) mass is 218 g/mol. The van der Waals surface area contributed by atoms with Gasteiger partial charge in [0.15, 0.2) is 0 Å². The maximum atomic E-state index is 10.6. The van der Waals surface area contributed by atoms with Crippen LogP contribution in [0.2, 0.25) is 0 Å². The van der Waals surface area contributed by atoms with Gasteiger partial charge in [0.25, 0.3) is 0 Å². The predicted octanol–water partition coefficient (Wildman–Crippen LogP) is 0.0208. The van der Waals surface area contributed by atoms with Crippen molar-refractivity contribution in [3.63, 3.8) is 0 Å². The summed E-state index contributed by atoms with van der Waals surface area (Å²) in [5.74, 6) is -0.490. The first kappa shape index (κ1) is 14.3. The third-order valence-electron chi connectivity index (χ3n) is 2.34. The average molecular weight is 218 g/mol. The van der Waals surface area contributed by atoms with Crippen molar-refractivity contribution in [1.29, 1.82) is 0 Å². The van der Waals surface area contributed by atoms with E-state index in [2.05, 4.69) is 0 Å². The number of ether oxygens (including phenoxy) is 2. The van der Waals surface area contributed by atoms with Crippen LogP contribution in [0.1, 0.15) is 26.7 Å². The molecule has 0 aliphatic heterocycles. The van der Waals surface area contributed by atoms with E-state index < -0.39 is 11.9 Å². The third-order valence-corrected chi connectivity index (χ3v) is 2.34. The standard InChI is InChI=1S/C10H22N2O3/c1-10(2,14-3)5-7-15-6-4-8(11)9(12)13/h8H,4-7,11H2,1-3H3,(H2,12,13). The van der Waals surface area contributed by atoms with Crippen LogP contribution in [0.15, 0.2) is 0 Å². The van der Waals surface area contributed by atoms with E-state index in [0.29, 0.717) is 19.6 Å². The van der Waals surface area contributed by atoms with Crippen LogP contribution in [-0.4, -0.2) is 37.9 Å². The second-order valence-corrected chi connectivity index (χ2v) is 4.12. The van der Waals surface area contributed by atoms with Crippen molar-refractivity contribution in [3.05, 3.63) is 0 Å². The maximum absolute atomic E-state index is 10.6. The number of hydrogen-bond donors (Lipinski definition) is 2. The fourth-order valence-corrected chi connectivity index (χ4v) is 0.875. The van der Waals surface area contributed by atoms with Gasteiger partial charge in [-0.2, -0.15) is 0 Å². The van der Waals surface area contributed by atoms with E-state index >= 15 is 0 Å². The molecule has 0 radical (unpaired) electrons. The molecule has 0 heterocycles. The molecule has 90 valence electrons. The molecule has 5 heteroatoms. The molecule has 0 saturated carbocycles. The van der Waals surface area contributed by atoms with Crippen molar-refractivity contribution >= 4 is 5.91 Å². The van der Waals surface area contributed by atoms with Gasteiger partial charge < -0.3 is 20.9 Å². The summed E-state index contributed by atoms with van der Waals surface area (Å²) in [7, 11) is 1.67. The Labute approximate surface area is 91.1 Å². The van der Waals surface area contributed by atoms with Gasteiger partial charge in [-0.3, -0.25) is 4.79 Å². The molecular weight excluding hydrogens is 196 g/mol. The van der Waals surface area contributed by atoms with Crippen molar-refractivity contribution in [3.8, 4) is 0 Å². The van der Waals surface area contributed by atoms with Crippen LogP contribution in [0.25, 0.3) is 0 Å². The minimum atomic E-state index is -0.611. The van der Waals surface area contributed by atoms with Crippen molar-refractivity contribution in [1.82, 2.24) is 0 Å². The number of carbonyl (C=O) groups is 1. The fourth-order valence-electron chi connectivity index (χ4n) is 0.875. The van der Waals surface area contributed by atoms with Crippen LogP contribution in [-0.2, 0) is 14.3 Å². The topological polar surface area (TPSA) is 87.6 Å². The lowest BCUT2D eigenvalue weighted by Crippen LogP contribution is -2.37. The van der Waals surface area contributed by atoms with Gasteiger partial charge in [0.2, 0.25) is 5.91 Å². The first-order chi connectivity index (χ1) is 6.89. The molecule has 0 aliphatic carbocycles. The van der Waals surface area contributed by atoms with E-state index in [4.69, 9.17) is 20.9 Å². The zero-order valence-corrected chi connectivity index (χ0v) is 9.79. The average Bonchev–Trinajstić information content (AvgIpc) is 2.16. The Hall–Kier alpha value is -0.650. The fraction of sp³-hybridized carbons (Fsp3) is 0.900. The van der Waals surface area contributed by atoms with E-state index in [-0.39, 0.29) is 5.60 Å². The Balaban J connectivity index is 3.44. The number of amides is 1. The molecule has 0 aliphatic rings. The van der Waals surface area contributed by atoms with Gasteiger partial charge in [0.05, 0.1) is 11.6 Å². The molecule has 1 unspecified atom stereocenters. The molecule has 0 aromatic heterocycles. The SMILES string of the molecule is COC(C)(C)CCOCCC(N)C(N)=O. The molecule has 0 rings (SSSR count). The van der Waals surface area contributed by atoms with Gasteiger partial charge in [0, 0.05) is 20.3 Å². The summed E-state index contributed by atoms with van der Waals surface area (Å²) >= 11 is 0. The third kappa shape index (κ3) is 7.30. The van der Waals surface area contributed by atoms with Crippen LogP contribution in [0, 0.1) is 0 Å². The highest BCUT2D eigenvalue weighted by Gasteiger charge is 2.15. The minimum absolute atomic E-state index is 0.175.